The Balaban J connectivity index is 1.69. The van der Waals surface area contributed by atoms with Gasteiger partial charge in [-0.05, 0) is 24.8 Å². The SMILES string of the molecule is O=C(NC1(C(=O)O)CCOC1)c1cnc(OCC2CC2)c(Cl)c1. The maximum absolute atomic E-state index is 12.3. The van der Waals surface area contributed by atoms with Crippen molar-refractivity contribution in [2.24, 2.45) is 5.92 Å². The first-order chi connectivity index (χ1) is 11.0. The summed E-state index contributed by atoms with van der Waals surface area (Å²) < 4.78 is 10.6. The number of rotatable bonds is 6. The highest BCUT2D eigenvalue weighted by Crippen LogP contribution is 2.31. The first kappa shape index (κ1) is 16.0. The Morgan fingerprint density at radius 3 is 2.87 bits per heavy atom. The zero-order chi connectivity index (χ0) is 16.4. The summed E-state index contributed by atoms with van der Waals surface area (Å²) in [7, 11) is 0. The maximum atomic E-state index is 12.3. The van der Waals surface area contributed by atoms with Crippen LogP contribution in [0.2, 0.25) is 5.02 Å². The lowest BCUT2D eigenvalue weighted by atomic mass is 9.98. The fourth-order valence-electron chi connectivity index (χ4n) is 2.31. The van der Waals surface area contributed by atoms with Gasteiger partial charge in [0.1, 0.15) is 5.02 Å². The topological polar surface area (TPSA) is 97.8 Å². The van der Waals surface area contributed by atoms with E-state index in [1.165, 1.54) is 12.3 Å². The molecule has 1 amide bonds. The molecule has 1 unspecified atom stereocenters. The van der Waals surface area contributed by atoms with Gasteiger partial charge < -0.3 is 19.9 Å². The summed E-state index contributed by atoms with van der Waals surface area (Å²) in [6, 6.07) is 1.43. The predicted molar refractivity (Wildman–Crippen MR) is 80.7 cm³/mol. The van der Waals surface area contributed by atoms with Gasteiger partial charge >= 0.3 is 5.97 Å². The summed E-state index contributed by atoms with van der Waals surface area (Å²) in [5.74, 6) is -0.825. The number of carboxylic acids is 1. The Hall–Kier alpha value is -1.86. The van der Waals surface area contributed by atoms with Crippen molar-refractivity contribution in [1.29, 1.82) is 0 Å². The third kappa shape index (κ3) is 3.56. The van der Waals surface area contributed by atoms with E-state index in [1.807, 2.05) is 0 Å². The van der Waals surface area contributed by atoms with Gasteiger partial charge in [-0.15, -0.1) is 0 Å². The highest BCUT2D eigenvalue weighted by molar-refractivity contribution is 6.32. The van der Waals surface area contributed by atoms with Gasteiger partial charge in [-0.2, -0.15) is 0 Å². The summed E-state index contributed by atoms with van der Waals surface area (Å²) in [4.78, 5) is 27.7. The normalized spacial score (nSPS) is 23.5. The zero-order valence-corrected chi connectivity index (χ0v) is 13.1. The molecule has 0 aromatic carbocycles. The highest BCUT2D eigenvalue weighted by atomic mass is 35.5. The molecule has 2 fully saturated rings. The maximum Gasteiger partial charge on any atom is 0.331 e. The molecule has 1 aliphatic heterocycles. The minimum absolute atomic E-state index is 0.0577. The quantitative estimate of drug-likeness (QED) is 0.814. The average Bonchev–Trinajstić information content (AvgIpc) is 3.23. The van der Waals surface area contributed by atoms with Crippen LogP contribution in [-0.2, 0) is 9.53 Å². The van der Waals surface area contributed by atoms with E-state index in [2.05, 4.69) is 10.3 Å². The van der Waals surface area contributed by atoms with E-state index in [0.29, 0.717) is 19.1 Å². The summed E-state index contributed by atoms with van der Waals surface area (Å²) in [5, 5.41) is 12.1. The van der Waals surface area contributed by atoms with Crippen LogP contribution in [0, 0.1) is 5.92 Å². The number of aliphatic carboxylic acids is 1. The van der Waals surface area contributed by atoms with Gasteiger partial charge in [-0.25, -0.2) is 9.78 Å². The van der Waals surface area contributed by atoms with E-state index in [-0.39, 0.29) is 29.5 Å². The standard InChI is InChI=1S/C15H17ClN2O5/c16-11-5-10(6-17-13(11)23-7-9-1-2-9)12(19)18-15(14(20)21)3-4-22-8-15/h5-6,9H,1-4,7-8H2,(H,18,19)(H,20,21). The average molecular weight is 341 g/mol. The van der Waals surface area contributed by atoms with E-state index in [0.717, 1.165) is 12.8 Å². The first-order valence-electron chi connectivity index (χ1n) is 7.42. The van der Waals surface area contributed by atoms with E-state index >= 15 is 0 Å². The van der Waals surface area contributed by atoms with Gasteiger partial charge in [-0.1, -0.05) is 11.6 Å². The largest absolute Gasteiger partial charge is 0.479 e. The lowest BCUT2D eigenvalue weighted by molar-refractivity contribution is -0.144. The minimum Gasteiger partial charge on any atom is -0.479 e. The number of nitrogens with one attached hydrogen (secondary N) is 1. The van der Waals surface area contributed by atoms with E-state index in [9.17, 15) is 14.7 Å². The van der Waals surface area contributed by atoms with Crippen LogP contribution in [-0.4, -0.2) is 47.3 Å². The second kappa shape index (κ2) is 6.33. The molecule has 1 aromatic rings. The number of ether oxygens (including phenoxy) is 2. The minimum atomic E-state index is -1.40. The summed E-state index contributed by atoms with van der Waals surface area (Å²) >= 11 is 6.08. The van der Waals surface area contributed by atoms with Gasteiger partial charge in [0.15, 0.2) is 5.54 Å². The molecule has 1 atom stereocenters. The number of pyridine rings is 1. The molecular formula is C15H17ClN2O5. The molecule has 1 saturated heterocycles. The van der Waals surface area contributed by atoms with E-state index in [4.69, 9.17) is 21.1 Å². The van der Waals surface area contributed by atoms with Crippen LogP contribution >= 0.6 is 11.6 Å². The number of amides is 1. The molecule has 2 heterocycles. The van der Waals surface area contributed by atoms with Crippen LogP contribution < -0.4 is 10.1 Å². The van der Waals surface area contributed by atoms with Crippen molar-refractivity contribution in [2.75, 3.05) is 19.8 Å². The highest BCUT2D eigenvalue weighted by Gasteiger charge is 2.44. The predicted octanol–water partition coefficient (Wildman–Crippen LogP) is 1.50. The lowest BCUT2D eigenvalue weighted by Crippen LogP contribution is -2.55. The number of carboxylic acid groups (broad SMARTS) is 1. The van der Waals surface area contributed by atoms with Gasteiger partial charge in [0.2, 0.25) is 5.88 Å². The van der Waals surface area contributed by atoms with Gasteiger partial charge in [-0.3, -0.25) is 4.79 Å². The second-order valence-corrected chi connectivity index (χ2v) is 6.32. The number of halogens is 1. The Morgan fingerprint density at radius 2 is 2.30 bits per heavy atom. The zero-order valence-electron chi connectivity index (χ0n) is 12.4. The summed E-state index contributed by atoms with van der Waals surface area (Å²) in [6.07, 6.45) is 3.85. The smallest absolute Gasteiger partial charge is 0.331 e. The third-order valence-corrected chi connectivity index (χ3v) is 4.28. The molecule has 1 saturated carbocycles. The van der Waals surface area contributed by atoms with Gasteiger partial charge in [0.05, 0.1) is 18.8 Å². The molecule has 2 N–H and O–H groups in total. The van der Waals surface area contributed by atoms with E-state index in [1.54, 1.807) is 0 Å². The number of aromatic nitrogens is 1. The molecule has 1 aliphatic carbocycles. The Labute approximate surface area is 137 Å². The Kier molecular flexibility index (Phi) is 4.41. The molecule has 3 rings (SSSR count). The molecule has 7 nitrogen and oxygen atoms in total. The number of hydrogen-bond acceptors (Lipinski definition) is 5. The first-order valence-corrected chi connectivity index (χ1v) is 7.80. The van der Waals surface area contributed by atoms with Crippen molar-refractivity contribution in [3.05, 3.63) is 22.8 Å². The van der Waals surface area contributed by atoms with Gasteiger partial charge in [0.25, 0.3) is 5.91 Å². The van der Waals surface area contributed by atoms with Crippen LogP contribution in [0.4, 0.5) is 0 Å². The van der Waals surface area contributed by atoms with Crippen molar-refractivity contribution in [1.82, 2.24) is 10.3 Å². The number of hydrogen-bond donors (Lipinski definition) is 2. The second-order valence-electron chi connectivity index (χ2n) is 5.91. The number of carbonyl (C=O) groups excluding carboxylic acids is 1. The van der Waals surface area contributed by atoms with Crippen molar-refractivity contribution in [3.8, 4) is 5.88 Å². The fourth-order valence-corrected chi connectivity index (χ4v) is 2.53. The van der Waals surface area contributed by atoms with Crippen LogP contribution in [0.25, 0.3) is 0 Å². The van der Waals surface area contributed by atoms with Crippen molar-refractivity contribution in [3.63, 3.8) is 0 Å². The van der Waals surface area contributed by atoms with Crippen molar-refractivity contribution in [2.45, 2.75) is 24.8 Å². The molecule has 2 aliphatic rings. The molecule has 23 heavy (non-hydrogen) atoms. The fraction of sp³-hybridized carbons (Fsp3) is 0.533. The molecule has 0 spiro atoms. The number of nitrogens with zero attached hydrogens (tertiary/aromatic N) is 1. The third-order valence-electron chi connectivity index (χ3n) is 4.01. The molecule has 8 heteroatoms. The molecule has 1 aromatic heterocycles. The van der Waals surface area contributed by atoms with Crippen molar-refractivity contribution >= 4 is 23.5 Å². The Bertz CT molecular complexity index is 626. The Morgan fingerprint density at radius 1 is 1.52 bits per heavy atom. The lowest BCUT2D eigenvalue weighted by Gasteiger charge is -2.23. The molecule has 0 bridgehead atoms. The monoisotopic (exact) mass is 340 g/mol. The molecule has 124 valence electrons. The van der Waals surface area contributed by atoms with Crippen LogP contribution in [0.1, 0.15) is 29.6 Å². The summed E-state index contributed by atoms with van der Waals surface area (Å²) in [5.41, 5.74) is -1.22. The van der Waals surface area contributed by atoms with Crippen LogP contribution in [0.15, 0.2) is 12.3 Å². The van der Waals surface area contributed by atoms with Crippen molar-refractivity contribution < 1.29 is 24.2 Å². The summed E-state index contributed by atoms with van der Waals surface area (Å²) in [6.45, 7) is 0.801. The van der Waals surface area contributed by atoms with E-state index < -0.39 is 17.4 Å². The molecular weight excluding hydrogens is 324 g/mol. The van der Waals surface area contributed by atoms with Crippen LogP contribution in [0.3, 0.4) is 0 Å². The molecule has 0 radical (unpaired) electrons. The van der Waals surface area contributed by atoms with Crippen LogP contribution in [0.5, 0.6) is 5.88 Å². The van der Waals surface area contributed by atoms with Gasteiger partial charge in [0, 0.05) is 19.2 Å². The number of carbonyl (C=O) groups is 2.